The molecule has 0 bridgehead atoms. The van der Waals surface area contributed by atoms with Gasteiger partial charge in [0.15, 0.2) is 0 Å². The fraction of sp³-hybridized carbons (Fsp3) is 0.545. The molecule has 0 aliphatic heterocycles. The molecular weight excluding hydrogens is 256 g/mol. The Morgan fingerprint density at radius 1 is 1.47 bits per heavy atom. The molecule has 4 heteroatoms. The normalized spacial score (nSPS) is 16.9. The molecule has 0 radical (unpaired) electrons. The molecule has 2 rings (SSSR count). The quantitative estimate of drug-likeness (QED) is 0.919. The van der Waals surface area contributed by atoms with Crippen molar-refractivity contribution in [2.75, 3.05) is 0 Å². The van der Waals surface area contributed by atoms with Gasteiger partial charge in [-0.15, -0.1) is 0 Å². The molecule has 0 spiro atoms. The van der Waals surface area contributed by atoms with Gasteiger partial charge in [0.05, 0.1) is 0 Å². The molecule has 0 amide bonds. The Morgan fingerprint density at radius 2 is 2.20 bits per heavy atom. The van der Waals surface area contributed by atoms with E-state index in [1.807, 2.05) is 6.07 Å². The van der Waals surface area contributed by atoms with Gasteiger partial charge in [0.25, 0.3) is 0 Å². The lowest BCUT2D eigenvalue weighted by Gasteiger charge is -2.14. The van der Waals surface area contributed by atoms with Gasteiger partial charge in [-0.1, -0.05) is 0 Å². The Kier molecular flexibility index (Phi) is 3.59. The largest absolute Gasteiger partial charge is 0.474 e. The second-order valence-electron chi connectivity index (χ2n) is 3.85. The zero-order valence-corrected chi connectivity index (χ0v) is 10.2. The molecule has 1 fully saturated rings. The average molecular weight is 271 g/mol. The standard InChI is InChI=1S/C11H15BrN2O/c12-9-5-8(6-13)11(14-7-9)15-10-3-1-2-4-10/h5,7,10H,1-4,6,13H2. The zero-order valence-electron chi connectivity index (χ0n) is 8.58. The number of nitrogens with two attached hydrogens (primary N) is 1. The van der Waals surface area contributed by atoms with E-state index in [1.165, 1.54) is 12.8 Å². The Labute approximate surface area is 98.2 Å². The average Bonchev–Trinajstić information content (AvgIpc) is 2.73. The predicted octanol–water partition coefficient (Wildman–Crippen LogP) is 2.62. The number of aromatic nitrogens is 1. The molecule has 0 unspecified atom stereocenters. The number of nitrogens with zero attached hydrogens (tertiary/aromatic N) is 1. The van der Waals surface area contributed by atoms with Crippen LogP contribution in [0.4, 0.5) is 0 Å². The van der Waals surface area contributed by atoms with Crippen molar-refractivity contribution in [1.29, 1.82) is 0 Å². The molecule has 0 atom stereocenters. The summed E-state index contributed by atoms with van der Waals surface area (Å²) < 4.78 is 6.79. The minimum atomic E-state index is 0.337. The minimum Gasteiger partial charge on any atom is -0.474 e. The summed E-state index contributed by atoms with van der Waals surface area (Å²) in [5.74, 6) is 0.701. The lowest BCUT2D eigenvalue weighted by Crippen LogP contribution is -2.14. The van der Waals surface area contributed by atoms with Gasteiger partial charge in [-0.25, -0.2) is 4.98 Å². The van der Waals surface area contributed by atoms with E-state index >= 15 is 0 Å². The van der Waals surface area contributed by atoms with Crippen molar-refractivity contribution in [3.8, 4) is 5.88 Å². The van der Waals surface area contributed by atoms with Gasteiger partial charge >= 0.3 is 0 Å². The maximum atomic E-state index is 5.84. The summed E-state index contributed by atoms with van der Waals surface area (Å²) in [6.45, 7) is 0.467. The number of halogens is 1. The van der Waals surface area contributed by atoms with Crippen molar-refractivity contribution in [3.63, 3.8) is 0 Å². The third-order valence-electron chi connectivity index (χ3n) is 2.69. The van der Waals surface area contributed by atoms with Crippen LogP contribution in [0.25, 0.3) is 0 Å². The Balaban J connectivity index is 2.12. The van der Waals surface area contributed by atoms with E-state index in [4.69, 9.17) is 10.5 Å². The van der Waals surface area contributed by atoms with E-state index in [2.05, 4.69) is 20.9 Å². The first-order valence-electron chi connectivity index (χ1n) is 5.30. The van der Waals surface area contributed by atoms with Gasteiger partial charge in [0, 0.05) is 22.8 Å². The van der Waals surface area contributed by atoms with Crippen LogP contribution in [-0.4, -0.2) is 11.1 Å². The first kappa shape index (κ1) is 10.9. The molecule has 1 heterocycles. The van der Waals surface area contributed by atoms with E-state index in [0.29, 0.717) is 18.5 Å². The topological polar surface area (TPSA) is 48.1 Å². The molecule has 82 valence electrons. The highest BCUT2D eigenvalue weighted by Crippen LogP contribution is 2.26. The van der Waals surface area contributed by atoms with Crippen LogP contribution < -0.4 is 10.5 Å². The summed E-state index contributed by atoms with van der Waals surface area (Å²) in [4.78, 5) is 4.26. The Bertz CT molecular complexity index is 337. The molecule has 3 nitrogen and oxygen atoms in total. The zero-order chi connectivity index (χ0) is 10.7. The molecule has 1 saturated carbocycles. The van der Waals surface area contributed by atoms with Crippen molar-refractivity contribution in [2.45, 2.75) is 38.3 Å². The van der Waals surface area contributed by atoms with Gasteiger partial charge < -0.3 is 10.5 Å². The summed E-state index contributed by atoms with van der Waals surface area (Å²) >= 11 is 3.38. The lowest BCUT2D eigenvalue weighted by molar-refractivity contribution is 0.199. The fourth-order valence-electron chi connectivity index (χ4n) is 1.89. The van der Waals surface area contributed by atoms with Crippen LogP contribution in [0.15, 0.2) is 16.7 Å². The molecule has 0 saturated heterocycles. The van der Waals surface area contributed by atoms with Crippen molar-refractivity contribution < 1.29 is 4.74 Å². The highest BCUT2D eigenvalue weighted by Gasteiger charge is 2.18. The third-order valence-corrected chi connectivity index (χ3v) is 3.13. The highest BCUT2D eigenvalue weighted by atomic mass is 79.9. The second-order valence-corrected chi connectivity index (χ2v) is 4.76. The molecule has 1 aliphatic rings. The van der Waals surface area contributed by atoms with E-state index in [9.17, 15) is 0 Å². The third kappa shape index (κ3) is 2.69. The van der Waals surface area contributed by atoms with E-state index in [-0.39, 0.29) is 0 Å². The summed E-state index contributed by atoms with van der Waals surface area (Å²) in [6.07, 6.45) is 6.90. The van der Waals surface area contributed by atoms with Crippen molar-refractivity contribution >= 4 is 15.9 Å². The molecule has 0 aromatic carbocycles. The Morgan fingerprint density at radius 3 is 2.87 bits per heavy atom. The lowest BCUT2D eigenvalue weighted by atomic mass is 10.2. The van der Waals surface area contributed by atoms with E-state index in [0.717, 1.165) is 22.9 Å². The minimum absolute atomic E-state index is 0.337. The number of pyridine rings is 1. The van der Waals surface area contributed by atoms with Crippen molar-refractivity contribution in [1.82, 2.24) is 4.98 Å². The van der Waals surface area contributed by atoms with Crippen LogP contribution >= 0.6 is 15.9 Å². The van der Waals surface area contributed by atoms with Crippen LogP contribution in [0.1, 0.15) is 31.2 Å². The molecule has 2 N–H and O–H groups in total. The maximum absolute atomic E-state index is 5.84. The molecule has 1 aromatic heterocycles. The summed E-state index contributed by atoms with van der Waals surface area (Å²) in [6, 6.07) is 1.97. The van der Waals surface area contributed by atoms with Gasteiger partial charge in [0.2, 0.25) is 5.88 Å². The number of hydrogen-bond acceptors (Lipinski definition) is 3. The van der Waals surface area contributed by atoms with E-state index in [1.54, 1.807) is 6.20 Å². The van der Waals surface area contributed by atoms with Crippen LogP contribution in [0, 0.1) is 0 Å². The fourth-order valence-corrected chi connectivity index (χ4v) is 2.26. The molecule has 1 aromatic rings. The van der Waals surface area contributed by atoms with Gasteiger partial charge in [0.1, 0.15) is 6.10 Å². The molecule has 15 heavy (non-hydrogen) atoms. The Hall–Kier alpha value is -0.610. The first-order chi connectivity index (χ1) is 7.29. The van der Waals surface area contributed by atoms with Gasteiger partial charge in [-0.3, -0.25) is 0 Å². The summed E-state index contributed by atoms with van der Waals surface area (Å²) in [5, 5.41) is 0. The first-order valence-corrected chi connectivity index (χ1v) is 6.10. The van der Waals surface area contributed by atoms with Crippen molar-refractivity contribution in [2.24, 2.45) is 5.73 Å². The van der Waals surface area contributed by atoms with E-state index < -0.39 is 0 Å². The molecular formula is C11H15BrN2O. The second kappa shape index (κ2) is 4.94. The van der Waals surface area contributed by atoms with Gasteiger partial charge in [-0.05, 0) is 47.7 Å². The van der Waals surface area contributed by atoms with Gasteiger partial charge in [-0.2, -0.15) is 0 Å². The predicted molar refractivity (Wildman–Crippen MR) is 62.7 cm³/mol. The van der Waals surface area contributed by atoms with Crippen LogP contribution in [-0.2, 0) is 6.54 Å². The monoisotopic (exact) mass is 270 g/mol. The highest BCUT2D eigenvalue weighted by molar-refractivity contribution is 9.10. The van der Waals surface area contributed by atoms with Crippen LogP contribution in [0.3, 0.4) is 0 Å². The molecule has 1 aliphatic carbocycles. The summed E-state index contributed by atoms with van der Waals surface area (Å²) in [5.41, 5.74) is 6.62. The summed E-state index contributed by atoms with van der Waals surface area (Å²) in [7, 11) is 0. The number of rotatable bonds is 3. The SMILES string of the molecule is NCc1cc(Br)cnc1OC1CCCC1. The maximum Gasteiger partial charge on any atom is 0.218 e. The smallest absolute Gasteiger partial charge is 0.218 e. The van der Waals surface area contributed by atoms with Crippen molar-refractivity contribution in [3.05, 3.63) is 22.3 Å². The number of hydrogen-bond donors (Lipinski definition) is 1. The van der Waals surface area contributed by atoms with Crippen LogP contribution in [0.5, 0.6) is 5.88 Å². The number of ether oxygens (including phenoxy) is 1. The van der Waals surface area contributed by atoms with Crippen LogP contribution in [0.2, 0.25) is 0 Å².